The van der Waals surface area contributed by atoms with Crippen LogP contribution in [0.25, 0.3) is 174 Å². The second-order valence-corrected chi connectivity index (χ2v) is 41.3. The third kappa shape index (κ3) is 12.7. The minimum atomic E-state index is -0.518. The highest BCUT2D eigenvalue weighted by Gasteiger charge is 2.63. The van der Waals surface area contributed by atoms with Crippen molar-refractivity contribution in [3.05, 3.63) is 462 Å². The molecule has 3 aromatic heterocycles. The second-order valence-electron chi connectivity index (χ2n) is 41.3. The van der Waals surface area contributed by atoms with Crippen LogP contribution in [0, 0.1) is 61.2 Å². The van der Waals surface area contributed by atoms with Crippen molar-refractivity contribution < 1.29 is 0 Å². The van der Waals surface area contributed by atoms with E-state index in [2.05, 4.69) is 413 Å². The third-order valence-electron chi connectivity index (χ3n) is 33.9. The fourth-order valence-corrected chi connectivity index (χ4v) is 28.6. The summed E-state index contributed by atoms with van der Waals surface area (Å²) in [6.45, 7) is 4.23. The maximum atomic E-state index is 5.34. The predicted octanol–water partition coefficient (Wildman–Crippen LogP) is 31.9. The normalized spacial score (nSPS) is 21.2. The largest absolute Gasteiger partial charge is 0.309 e. The van der Waals surface area contributed by atoms with Gasteiger partial charge >= 0.3 is 0 Å². The molecule has 2 spiro atoms. The van der Waals surface area contributed by atoms with E-state index in [1.807, 2.05) is 12.1 Å². The van der Waals surface area contributed by atoms with Crippen molar-refractivity contribution in [3.8, 4) is 152 Å². The van der Waals surface area contributed by atoms with Gasteiger partial charge in [-0.25, -0.2) is 29.9 Å². The molecule has 0 atom stereocenters. The number of para-hydroxylation sites is 2. The summed E-state index contributed by atoms with van der Waals surface area (Å²) in [6.07, 6.45) is 13.8. The topological polar surface area (TPSA) is 82.3 Å². The summed E-state index contributed by atoms with van der Waals surface area (Å²) in [5.74, 6) is 10.3. The van der Waals surface area contributed by atoms with Gasteiger partial charge in [0, 0.05) is 60.7 Å². The van der Waals surface area contributed by atoms with E-state index in [1.165, 1.54) is 175 Å². The number of aromatic nitrogens is 7. The van der Waals surface area contributed by atoms with Crippen molar-refractivity contribution in [3.63, 3.8) is 0 Å². The molecule has 17 aromatic carbocycles. The summed E-state index contributed by atoms with van der Waals surface area (Å²) in [4.78, 5) is 31.5. The molecule has 8 fully saturated rings. The Labute approximate surface area is 806 Å². The molecular weight excluding hydrogens is 1670 g/mol. The zero-order valence-electron chi connectivity index (χ0n) is 77.5. The Hall–Kier alpha value is -15.4. The van der Waals surface area contributed by atoms with Crippen LogP contribution in [-0.4, -0.2) is 34.5 Å². The van der Waals surface area contributed by atoms with Crippen LogP contribution in [0.2, 0.25) is 0 Å². The van der Waals surface area contributed by atoms with E-state index in [1.54, 1.807) is 22.3 Å². The first-order chi connectivity index (χ1) is 68.1. The molecule has 8 saturated carbocycles. The van der Waals surface area contributed by atoms with Crippen molar-refractivity contribution in [1.29, 1.82) is 0 Å². The summed E-state index contributed by atoms with van der Waals surface area (Å²) >= 11 is 0. The van der Waals surface area contributed by atoms with Gasteiger partial charge in [-0.3, -0.25) is 0 Å². The molecule has 0 saturated heterocycles. The fourth-order valence-electron chi connectivity index (χ4n) is 28.6. The van der Waals surface area contributed by atoms with Crippen LogP contribution >= 0.6 is 0 Å². The molecule has 7 nitrogen and oxygen atoms in total. The third-order valence-corrected chi connectivity index (χ3v) is 33.9. The van der Waals surface area contributed by atoms with E-state index in [0.717, 1.165) is 85.0 Å². The van der Waals surface area contributed by atoms with E-state index in [-0.39, 0.29) is 10.8 Å². The number of fused-ring (bicyclic) bond motifs is 12. The quantitative estimate of drug-likeness (QED) is 0.114. The van der Waals surface area contributed by atoms with Crippen LogP contribution in [-0.2, 0) is 16.2 Å². The Balaban J connectivity index is 0.000000136. The summed E-state index contributed by atoms with van der Waals surface area (Å²) in [5.41, 5.74) is 40.5. The van der Waals surface area contributed by atoms with Crippen LogP contribution in [0.4, 0.5) is 0 Å². The summed E-state index contributed by atoms with van der Waals surface area (Å²) in [5, 5.41) is 2.53. The molecule has 0 unspecified atom stereocenters. The summed E-state index contributed by atoms with van der Waals surface area (Å²) in [7, 11) is 0. The highest BCUT2D eigenvalue weighted by atomic mass is 15.0. The molecule has 0 N–H and O–H groups in total. The second kappa shape index (κ2) is 31.8. The number of hydrogen-bond acceptors (Lipinski definition) is 6. The maximum absolute atomic E-state index is 5.34. The molecule has 7 heteroatoms. The van der Waals surface area contributed by atoms with Gasteiger partial charge in [-0.05, 0) is 327 Å². The Morgan fingerprint density at radius 1 is 0.203 bits per heavy atom. The molecule has 3 heterocycles. The van der Waals surface area contributed by atoms with Crippen molar-refractivity contribution in [2.45, 2.75) is 94.3 Å². The van der Waals surface area contributed by atoms with Gasteiger partial charge in [0.15, 0.2) is 34.9 Å². The van der Waals surface area contributed by atoms with E-state index < -0.39 is 5.41 Å². The lowest BCUT2D eigenvalue weighted by molar-refractivity contribution is -0.0399. The zero-order chi connectivity index (χ0) is 91.1. The Morgan fingerprint density at radius 2 is 0.478 bits per heavy atom. The van der Waals surface area contributed by atoms with Gasteiger partial charge in [0.2, 0.25) is 0 Å². The number of rotatable bonds is 13. The lowest BCUT2D eigenvalue weighted by atomic mass is 9.43. The minimum absolute atomic E-state index is 0.0619. The Morgan fingerprint density at radius 3 is 0.870 bits per heavy atom. The smallest absolute Gasteiger partial charge is 0.164 e. The van der Waals surface area contributed by atoms with Crippen molar-refractivity contribution in [1.82, 2.24) is 34.5 Å². The Bertz CT molecular complexity index is 8010. The first-order valence-electron chi connectivity index (χ1n) is 50.1. The molecule has 0 aliphatic heterocycles. The molecule has 11 aliphatic carbocycles. The van der Waals surface area contributed by atoms with Crippen LogP contribution < -0.4 is 0 Å². The number of hydrogen-bond donors (Lipinski definition) is 0. The van der Waals surface area contributed by atoms with Gasteiger partial charge in [-0.2, -0.15) is 0 Å². The van der Waals surface area contributed by atoms with E-state index in [9.17, 15) is 0 Å². The molecule has 8 bridgehead atoms. The molecule has 0 radical (unpaired) electrons. The standard InChI is InChI=1S/C68H51N3.C63H50N4/c1-5-17-45(18-6-1)64-69-65(46-19-7-2-8-20-46)71-66(70-64)51-39-49(47-29-31-58-56-25-13-15-27-60(56)67(62(58)41-47,52-21-9-3-10-22-52)53-23-11-4-12-24-53)38-50(40-51)48-30-32-59-57-26-14-16-28-61(57)68(63(59)42-48)54-34-43-33-44(36-54)37-55(68)35-43;1-38-15-19-43(20-16-38)60-64-61(44-21-17-39(2)18-22-44)66-62(65-60)48-35-46(42-23-26-51(27-24-42)67-58-13-7-4-10-54(58)55-11-5-8-14-59(55)67)34-47(36-48)45-25-28-53-52-9-3-6-12-56(52)63(57(53)37-45)49-30-40-29-41(32-49)33-50(63)31-40/h1-32,38-44,54-55H,33-37H2;3-28,34-37,40-41,49-50H,29-33H2,1-2H3. The van der Waals surface area contributed by atoms with Crippen LogP contribution in [0.15, 0.2) is 406 Å². The molecule has 660 valence electrons. The van der Waals surface area contributed by atoms with Gasteiger partial charge in [-0.15, -0.1) is 0 Å². The number of benzene rings is 17. The molecule has 0 amide bonds. The average molecular weight is 1770 g/mol. The molecule has 31 rings (SSSR count). The lowest BCUT2D eigenvalue weighted by Crippen LogP contribution is -2.55. The molecule has 11 aliphatic rings. The van der Waals surface area contributed by atoms with Crippen LogP contribution in [0.1, 0.15) is 120 Å². The van der Waals surface area contributed by atoms with Crippen LogP contribution in [0.3, 0.4) is 0 Å². The first kappa shape index (κ1) is 81.0. The van der Waals surface area contributed by atoms with Crippen molar-refractivity contribution in [2.24, 2.45) is 47.3 Å². The molecule has 138 heavy (non-hydrogen) atoms. The molecule has 20 aromatic rings. The van der Waals surface area contributed by atoms with Gasteiger partial charge < -0.3 is 4.57 Å². The van der Waals surface area contributed by atoms with Crippen molar-refractivity contribution in [2.75, 3.05) is 0 Å². The molecular formula is C131H101N7. The predicted molar refractivity (Wildman–Crippen MR) is 562 cm³/mol. The van der Waals surface area contributed by atoms with E-state index in [0.29, 0.717) is 58.6 Å². The Kier molecular flexibility index (Phi) is 18.7. The highest BCUT2D eigenvalue weighted by Crippen LogP contribution is 2.72. The average Bonchev–Trinajstić information content (AvgIpc) is 1.51. The zero-order valence-corrected chi connectivity index (χ0v) is 77.5. The highest BCUT2D eigenvalue weighted by molar-refractivity contribution is 6.09. The van der Waals surface area contributed by atoms with Gasteiger partial charge in [0.25, 0.3) is 0 Å². The lowest BCUT2D eigenvalue weighted by Gasteiger charge is -2.61. The minimum Gasteiger partial charge on any atom is -0.309 e. The van der Waals surface area contributed by atoms with E-state index >= 15 is 0 Å². The van der Waals surface area contributed by atoms with Gasteiger partial charge in [0.05, 0.1) is 16.4 Å². The number of nitrogens with zero attached hydrogens (tertiary/aromatic N) is 7. The maximum Gasteiger partial charge on any atom is 0.164 e. The monoisotopic (exact) mass is 1770 g/mol. The SMILES string of the molecule is Cc1ccc(-c2nc(-c3ccc(C)cc3)nc(-c3cc(-c4ccc(-n5c6ccccc6c6ccccc65)cc4)cc(-c4ccc5c(c4)C4(c6ccccc6-5)C5CC6CC(C5)CC4C6)c3)n2)cc1.c1ccc(-c2nc(-c3ccccc3)nc(-c3cc(-c4ccc5c(c4)C(c4ccccc4)(c4ccccc4)c4ccccc4-5)cc(-c4ccc5c(c4)C4(c6ccccc6-5)C5CC6CC(C5)CC4C6)c3)n2)cc1. The number of aryl methyl sites for hydroxylation is 2. The van der Waals surface area contributed by atoms with Crippen LogP contribution in [0.5, 0.6) is 0 Å². The fraction of sp³-hybridized carbons (Fsp3) is 0.176. The van der Waals surface area contributed by atoms with Gasteiger partial charge in [-0.1, -0.05) is 339 Å². The summed E-state index contributed by atoms with van der Waals surface area (Å²) in [6, 6.07) is 151. The van der Waals surface area contributed by atoms with Crippen molar-refractivity contribution >= 4 is 21.8 Å². The first-order valence-corrected chi connectivity index (χ1v) is 50.1. The van der Waals surface area contributed by atoms with Gasteiger partial charge in [0.1, 0.15) is 0 Å². The van der Waals surface area contributed by atoms with E-state index in [4.69, 9.17) is 29.9 Å². The summed E-state index contributed by atoms with van der Waals surface area (Å²) < 4.78 is 2.39.